The molecular formula is C15H19N3O. The number of aromatic nitrogens is 2. The van der Waals surface area contributed by atoms with Crippen molar-refractivity contribution in [2.75, 3.05) is 0 Å². The molecule has 1 aromatic heterocycles. The molecule has 0 amide bonds. The lowest BCUT2D eigenvalue weighted by Gasteiger charge is -2.00. The standard InChI is InChI=1S/C15H19N3O/c1-10(2)3-6-14-17-15(19-18-14)11-4-5-12-8-16-9-13(12)7-11/h4-5,7,10,16H,3,6,8-9H2,1-2H3. The van der Waals surface area contributed by atoms with E-state index in [1.54, 1.807) is 0 Å². The largest absolute Gasteiger partial charge is 0.334 e. The summed E-state index contributed by atoms with van der Waals surface area (Å²) in [7, 11) is 0. The molecule has 0 radical (unpaired) electrons. The van der Waals surface area contributed by atoms with Crippen molar-refractivity contribution < 1.29 is 4.52 Å². The van der Waals surface area contributed by atoms with Crippen LogP contribution in [0.5, 0.6) is 0 Å². The quantitative estimate of drug-likeness (QED) is 0.915. The van der Waals surface area contributed by atoms with Gasteiger partial charge in [0, 0.05) is 25.1 Å². The molecule has 1 aromatic carbocycles. The van der Waals surface area contributed by atoms with Gasteiger partial charge in [-0.2, -0.15) is 4.98 Å². The van der Waals surface area contributed by atoms with E-state index in [4.69, 9.17) is 4.52 Å². The molecule has 0 bridgehead atoms. The van der Waals surface area contributed by atoms with E-state index in [0.29, 0.717) is 11.8 Å². The van der Waals surface area contributed by atoms with Crippen molar-refractivity contribution in [2.24, 2.45) is 5.92 Å². The van der Waals surface area contributed by atoms with Gasteiger partial charge in [-0.25, -0.2) is 0 Å². The SMILES string of the molecule is CC(C)CCc1noc(-c2ccc3c(c2)CNC3)n1. The van der Waals surface area contributed by atoms with Crippen LogP contribution in [0.2, 0.25) is 0 Å². The van der Waals surface area contributed by atoms with Crippen LogP contribution >= 0.6 is 0 Å². The summed E-state index contributed by atoms with van der Waals surface area (Å²) in [5.41, 5.74) is 3.72. The van der Waals surface area contributed by atoms with Crippen molar-refractivity contribution in [2.45, 2.75) is 39.8 Å². The summed E-state index contributed by atoms with van der Waals surface area (Å²) in [5, 5.41) is 7.39. The third-order valence-electron chi connectivity index (χ3n) is 3.50. The number of benzene rings is 1. The third-order valence-corrected chi connectivity index (χ3v) is 3.50. The van der Waals surface area contributed by atoms with Crippen LogP contribution in [0, 0.1) is 5.92 Å². The van der Waals surface area contributed by atoms with E-state index in [-0.39, 0.29) is 0 Å². The molecule has 2 aromatic rings. The molecule has 0 saturated carbocycles. The zero-order valence-corrected chi connectivity index (χ0v) is 11.4. The number of nitrogens with zero attached hydrogens (tertiary/aromatic N) is 2. The second kappa shape index (κ2) is 5.13. The molecule has 1 aliphatic rings. The van der Waals surface area contributed by atoms with E-state index in [0.717, 1.165) is 37.3 Å². The van der Waals surface area contributed by atoms with E-state index in [1.165, 1.54) is 11.1 Å². The zero-order valence-electron chi connectivity index (χ0n) is 11.4. The molecule has 0 aliphatic carbocycles. The monoisotopic (exact) mass is 257 g/mol. The van der Waals surface area contributed by atoms with Crippen LogP contribution in [0.15, 0.2) is 22.7 Å². The molecule has 4 nitrogen and oxygen atoms in total. The highest BCUT2D eigenvalue weighted by Crippen LogP contribution is 2.24. The van der Waals surface area contributed by atoms with Gasteiger partial charge in [-0.05, 0) is 35.6 Å². The maximum Gasteiger partial charge on any atom is 0.257 e. The summed E-state index contributed by atoms with van der Waals surface area (Å²) in [6, 6.07) is 6.35. The van der Waals surface area contributed by atoms with Gasteiger partial charge >= 0.3 is 0 Å². The van der Waals surface area contributed by atoms with E-state index in [1.807, 2.05) is 0 Å². The second-order valence-corrected chi connectivity index (χ2v) is 5.54. The Morgan fingerprint density at radius 2 is 2.11 bits per heavy atom. The Morgan fingerprint density at radius 3 is 2.95 bits per heavy atom. The van der Waals surface area contributed by atoms with Crippen molar-refractivity contribution >= 4 is 0 Å². The lowest BCUT2D eigenvalue weighted by atomic mass is 10.1. The first kappa shape index (κ1) is 12.4. The van der Waals surface area contributed by atoms with Crippen LogP contribution in [0.25, 0.3) is 11.5 Å². The Kier molecular flexibility index (Phi) is 3.34. The van der Waals surface area contributed by atoms with Crippen LogP contribution < -0.4 is 5.32 Å². The van der Waals surface area contributed by atoms with E-state index in [9.17, 15) is 0 Å². The van der Waals surface area contributed by atoms with Crippen molar-refractivity contribution in [3.05, 3.63) is 35.2 Å². The van der Waals surface area contributed by atoms with Gasteiger partial charge in [0.1, 0.15) is 0 Å². The van der Waals surface area contributed by atoms with Crippen LogP contribution in [-0.4, -0.2) is 10.1 Å². The summed E-state index contributed by atoms with van der Waals surface area (Å²) < 4.78 is 5.36. The molecule has 3 rings (SSSR count). The zero-order chi connectivity index (χ0) is 13.2. The summed E-state index contributed by atoms with van der Waals surface area (Å²) in [6.07, 6.45) is 1.97. The maximum atomic E-state index is 5.36. The van der Waals surface area contributed by atoms with Gasteiger partial charge in [0.05, 0.1) is 0 Å². The van der Waals surface area contributed by atoms with Crippen LogP contribution in [0.4, 0.5) is 0 Å². The fourth-order valence-corrected chi connectivity index (χ4v) is 2.32. The minimum atomic E-state index is 0.633. The Bertz CT molecular complexity index is 575. The topological polar surface area (TPSA) is 51.0 Å². The molecule has 0 atom stereocenters. The van der Waals surface area contributed by atoms with Gasteiger partial charge in [0.25, 0.3) is 5.89 Å². The first-order valence-electron chi connectivity index (χ1n) is 6.88. The average molecular weight is 257 g/mol. The van der Waals surface area contributed by atoms with Gasteiger partial charge in [-0.1, -0.05) is 25.1 Å². The summed E-state index contributed by atoms with van der Waals surface area (Å²) in [6.45, 7) is 6.29. The fraction of sp³-hybridized carbons (Fsp3) is 0.467. The predicted octanol–water partition coefficient (Wildman–Crippen LogP) is 2.93. The normalized spacial score (nSPS) is 14.1. The minimum absolute atomic E-state index is 0.633. The third kappa shape index (κ3) is 2.68. The molecule has 0 spiro atoms. The van der Waals surface area contributed by atoms with Gasteiger partial charge in [0.2, 0.25) is 0 Å². The van der Waals surface area contributed by atoms with Crippen molar-refractivity contribution in [1.82, 2.24) is 15.5 Å². The lowest BCUT2D eigenvalue weighted by Crippen LogP contribution is -1.99. The van der Waals surface area contributed by atoms with E-state index in [2.05, 4.69) is 47.5 Å². The number of nitrogens with one attached hydrogen (secondary N) is 1. The van der Waals surface area contributed by atoms with Crippen LogP contribution in [-0.2, 0) is 19.5 Å². The molecule has 1 aliphatic heterocycles. The first-order chi connectivity index (χ1) is 9.22. The van der Waals surface area contributed by atoms with Gasteiger partial charge in [-0.15, -0.1) is 0 Å². The van der Waals surface area contributed by atoms with Crippen LogP contribution in [0.3, 0.4) is 0 Å². The average Bonchev–Trinajstić information content (AvgIpc) is 3.04. The van der Waals surface area contributed by atoms with E-state index >= 15 is 0 Å². The Balaban J connectivity index is 1.79. The molecule has 19 heavy (non-hydrogen) atoms. The Labute approximate surface area is 113 Å². The fourth-order valence-electron chi connectivity index (χ4n) is 2.32. The van der Waals surface area contributed by atoms with Crippen molar-refractivity contribution in [1.29, 1.82) is 0 Å². The number of hydrogen-bond acceptors (Lipinski definition) is 4. The molecular weight excluding hydrogens is 238 g/mol. The molecule has 4 heteroatoms. The number of fused-ring (bicyclic) bond motifs is 1. The summed E-state index contributed by atoms with van der Waals surface area (Å²) >= 11 is 0. The maximum absolute atomic E-state index is 5.36. The summed E-state index contributed by atoms with van der Waals surface area (Å²) in [4.78, 5) is 4.48. The van der Waals surface area contributed by atoms with Gasteiger partial charge < -0.3 is 9.84 Å². The van der Waals surface area contributed by atoms with Gasteiger partial charge in [0.15, 0.2) is 5.82 Å². The molecule has 0 fully saturated rings. The molecule has 2 heterocycles. The number of rotatable bonds is 4. The molecule has 0 saturated heterocycles. The summed E-state index contributed by atoms with van der Waals surface area (Å²) in [5.74, 6) is 2.10. The van der Waals surface area contributed by atoms with Gasteiger partial charge in [-0.3, -0.25) is 0 Å². The highest BCUT2D eigenvalue weighted by Gasteiger charge is 2.14. The molecule has 1 N–H and O–H groups in total. The highest BCUT2D eigenvalue weighted by molar-refractivity contribution is 5.56. The predicted molar refractivity (Wildman–Crippen MR) is 73.4 cm³/mol. The van der Waals surface area contributed by atoms with Crippen LogP contribution in [0.1, 0.15) is 37.2 Å². The second-order valence-electron chi connectivity index (χ2n) is 5.54. The number of aryl methyl sites for hydroxylation is 1. The smallest absolute Gasteiger partial charge is 0.257 e. The van der Waals surface area contributed by atoms with E-state index < -0.39 is 0 Å². The van der Waals surface area contributed by atoms with Crippen molar-refractivity contribution in [3.63, 3.8) is 0 Å². The van der Waals surface area contributed by atoms with Crippen molar-refractivity contribution in [3.8, 4) is 11.5 Å². The molecule has 0 unspecified atom stereocenters. The lowest BCUT2D eigenvalue weighted by molar-refractivity contribution is 0.419. The molecule has 100 valence electrons. The Morgan fingerprint density at radius 1 is 1.26 bits per heavy atom. The number of hydrogen-bond donors (Lipinski definition) is 1. The minimum Gasteiger partial charge on any atom is -0.334 e. The first-order valence-corrected chi connectivity index (χ1v) is 6.88. The highest BCUT2D eigenvalue weighted by atomic mass is 16.5. The Hall–Kier alpha value is -1.68.